The molecule has 0 aliphatic heterocycles. The lowest BCUT2D eigenvalue weighted by molar-refractivity contribution is 0.445. The smallest absolute Gasteiger partial charge is 0.0468 e. The Balaban J connectivity index is 1.15. The van der Waals surface area contributed by atoms with E-state index in [1.807, 2.05) is 0 Å². The molecule has 50 heavy (non-hydrogen) atoms. The maximum atomic E-state index is 2.62. The van der Waals surface area contributed by atoms with Gasteiger partial charge in [0.05, 0.1) is 0 Å². The molecule has 0 radical (unpaired) electrons. The first-order valence-electron chi connectivity index (χ1n) is 18.5. The molecule has 0 atom stereocenters. The normalized spacial score (nSPS) is 15.5. The largest absolute Gasteiger partial charge is 0.310 e. The first kappa shape index (κ1) is 29.5. The summed E-state index contributed by atoms with van der Waals surface area (Å²) in [4.78, 5) is 2.43. The molecule has 1 fully saturated rings. The van der Waals surface area contributed by atoms with Crippen molar-refractivity contribution < 1.29 is 0 Å². The third-order valence-electron chi connectivity index (χ3n) is 11.9. The Morgan fingerprint density at radius 2 is 0.980 bits per heavy atom. The van der Waals surface area contributed by atoms with Crippen LogP contribution < -0.4 is 4.90 Å². The summed E-state index contributed by atoms with van der Waals surface area (Å²) in [5, 5.41) is 10.4. The highest BCUT2D eigenvalue weighted by Gasteiger charge is 2.38. The van der Waals surface area contributed by atoms with E-state index < -0.39 is 0 Å². The van der Waals surface area contributed by atoms with Gasteiger partial charge in [-0.15, -0.1) is 0 Å². The average Bonchev–Trinajstić information content (AvgIpc) is 3.39. The van der Waals surface area contributed by atoms with Gasteiger partial charge >= 0.3 is 0 Å². The van der Waals surface area contributed by atoms with Crippen molar-refractivity contribution in [1.29, 1.82) is 0 Å². The summed E-state index contributed by atoms with van der Waals surface area (Å²) in [6.45, 7) is 4.90. The minimum atomic E-state index is -0.0846. The van der Waals surface area contributed by atoms with Gasteiger partial charge in [0.25, 0.3) is 0 Å². The number of hydrogen-bond donors (Lipinski definition) is 0. The lowest BCUT2D eigenvalue weighted by atomic mass is 9.77. The number of benzene rings is 8. The summed E-state index contributed by atoms with van der Waals surface area (Å²) >= 11 is 0. The van der Waals surface area contributed by atoms with Gasteiger partial charge in [-0.05, 0) is 138 Å². The second-order valence-electron chi connectivity index (χ2n) is 15.2. The second kappa shape index (κ2) is 11.3. The first-order valence-corrected chi connectivity index (χ1v) is 18.5. The van der Waals surface area contributed by atoms with E-state index in [2.05, 4.69) is 164 Å². The fourth-order valence-corrected chi connectivity index (χ4v) is 9.31. The Morgan fingerprint density at radius 1 is 0.460 bits per heavy atom. The Kier molecular flexibility index (Phi) is 6.68. The molecular formula is C49H41N. The van der Waals surface area contributed by atoms with E-state index in [-0.39, 0.29) is 5.41 Å². The molecular weight excluding hydrogens is 603 g/mol. The molecule has 8 aromatic rings. The second-order valence-corrected chi connectivity index (χ2v) is 15.2. The summed E-state index contributed by atoms with van der Waals surface area (Å²) in [7, 11) is 0. The standard InChI is InChI=1S/C49H41N/c1-49(2)46-30-38-28-41(50(39-23-20-32-12-6-8-16-35(32)26-39)40-24-21-33-13-7-9-17-36(33)27-40)25-22-37(38)29-45(46)48-43-19-11-10-18-42(43)44(31-47(48)49)34-14-4-3-5-15-34/h6-13,16-31,34H,3-5,14-15H2,1-2H3. The molecule has 1 heteroatoms. The zero-order valence-electron chi connectivity index (χ0n) is 28.9. The van der Waals surface area contributed by atoms with Crippen molar-refractivity contribution in [3.63, 3.8) is 0 Å². The van der Waals surface area contributed by atoms with E-state index >= 15 is 0 Å². The number of fused-ring (bicyclic) bond motifs is 8. The molecule has 0 saturated heterocycles. The van der Waals surface area contributed by atoms with Crippen LogP contribution in [-0.4, -0.2) is 0 Å². The van der Waals surface area contributed by atoms with Crippen molar-refractivity contribution in [2.75, 3.05) is 4.90 Å². The lowest BCUT2D eigenvalue weighted by Crippen LogP contribution is -2.16. The van der Waals surface area contributed by atoms with Crippen molar-refractivity contribution in [1.82, 2.24) is 0 Å². The Morgan fingerprint density at radius 3 is 1.62 bits per heavy atom. The highest BCUT2D eigenvalue weighted by Crippen LogP contribution is 2.54. The lowest BCUT2D eigenvalue weighted by Gasteiger charge is -2.28. The number of nitrogens with zero attached hydrogens (tertiary/aromatic N) is 1. The van der Waals surface area contributed by atoms with Crippen molar-refractivity contribution in [2.45, 2.75) is 57.3 Å². The molecule has 10 rings (SSSR count). The van der Waals surface area contributed by atoms with Gasteiger partial charge in [-0.1, -0.05) is 130 Å². The van der Waals surface area contributed by atoms with Crippen LogP contribution in [0.4, 0.5) is 17.1 Å². The van der Waals surface area contributed by atoms with Gasteiger partial charge in [0.2, 0.25) is 0 Å². The summed E-state index contributed by atoms with van der Waals surface area (Å²) in [5.74, 6) is 0.663. The summed E-state index contributed by atoms with van der Waals surface area (Å²) < 4.78 is 0. The van der Waals surface area contributed by atoms with Crippen LogP contribution >= 0.6 is 0 Å². The minimum absolute atomic E-state index is 0.0846. The van der Waals surface area contributed by atoms with E-state index in [0.29, 0.717) is 5.92 Å². The van der Waals surface area contributed by atoms with Crippen LogP contribution in [0, 0.1) is 0 Å². The van der Waals surface area contributed by atoms with Crippen LogP contribution in [0.2, 0.25) is 0 Å². The zero-order chi connectivity index (χ0) is 33.4. The Hall–Kier alpha value is -5.40. The molecule has 0 spiro atoms. The number of hydrogen-bond acceptors (Lipinski definition) is 1. The molecule has 2 aliphatic rings. The van der Waals surface area contributed by atoms with Crippen molar-refractivity contribution in [3.05, 3.63) is 162 Å². The topological polar surface area (TPSA) is 3.24 Å². The Labute approximate surface area is 294 Å². The van der Waals surface area contributed by atoms with Crippen molar-refractivity contribution in [2.24, 2.45) is 0 Å². The number of anilines is 3. The third kappa shape index (κ3) is 4.60. The van der Waals surface area contributed by atoms with E-state index in [1.165, 1.54) is 103 Å². The number of rotatable bonds is 4. The maximum absolute atomic E-state index is 2.62. The molecule has 0 bridgehead atoms. The predicted molar refractivity (Wildman–Crippen MR) is 215 cm³/mol. The van der Waals surface area contributed by atoms with Gasteiger partial charge in [0, 0.05) is 22.5 Å². The van der Waals surface area contributed by atoms with Crippen molar-refractivity contribution >= 4 is 60.2 Å². The molecule has 8 aromatic carbocycles. The highest BCUT2D eigenvalue weighted by atomic mass is 15.1. The molecule has 2 aliphatic carbocycles. The van der Waals surface area contributed by atoms with Gasteiger partial charge in [0.15, 0.2) is 0 Å². The van der Waals surface area contributed by atoms with Crippen LogP contribution in [0.25, 0.3) is 54.2 Å². The molecule has 0 unspecified atom stereocenters. The molecule has 1 nitrogen and oxygen atoms in total. The predicted octanol–water partition coefficient (Wildman–Crippen LogP) is 14.1. The summed E-state index contributed by atoms with van der Waals surface area (Å²) in [5.41, 5.74) is 10.8. The van der Waals surface area contributed by atoms with Gasteiger partial charge in [-0.25, -0.2) is 0 Å². The van der Waals surface area contributed by atoms with E-state index in [9.17, 15) is 0 Å². The van der Waals surface area contributed by atoms with Crippen LogP contribution in [0.3, 0.4) is 0 Å². The minimum Gasteiger partial charge on any atom is -0.310 e. The van der Waals surface area contributed by atoms with E-state index in [4.69, 9.17) is 0 Å². The average molecular weight is 644 g/mol. The van der Waals surface area contributed by atoms with Gasteiger partial charge in [-0.3, -0.25) is 0 Å². The van der Waals surface area contributed by atoms with E-state index in [0.717, 1.165) is 11.4 Å². The van der Waals surface area contributed by atoms with Crippen molar-refractivity contribution in [3.8, 4) is 11.1 Å². The SMILES string of the molecule is CC1(C)c2cc3cc(N(c4ccc5ccccc5c4)c4ccc5ccccc5c4)ccc3cc2-c2c1cc(C1CCCCC1)c1ccccc21. The van der Waals surface area contributed by atoms with Gasteiger partial charge in [-0.2, -0.15) is 0 Å². The van der Waals surface area contributed by atoms with Crippen LogP contribution in [0.5, 0.6) is 0 Å². The van der Waals surface area contributed by atoms with Crippen LogP contribution in [-0.2, 0) is 5.41 Å². The summed E-state index contributed by atoms with van der Waals surface area (Å²) in [6, 6.07) is 54.9. The van der Waals surface area contributed by atoms with Crippen LogP contribution in [0.1, 0.15) is 68.6 Å². The van der Waals surface area contributed by atoms with E-state index in [1.54, 1.807) is 5.56 Å². The first-order chi connectivity index (χ1) is 24.5. The monoisotopic (exact) mass is 643 g/mol. The molecule has 0 aromatic heterocycles. The quantitative estimate of drug-likeness (QED) is 0.184. The van der Waals surface area contributed by atoms with Gasteiger partial charge < -0.3 is 4.90 Å². The summed E-state index contributed by atoms with van der Waals surface area (Å²) in [6.07, 6.45) is 6.71. The highest BCUT2D eigenvalue weighted by molar-refractivity contribution is 6.07. The molecule has 1 saturated carbocycles. The third-order valence-corrected chi connectivity index (χ3v) is 11.9. The Bertz CT molecular complexity index is 2540. The molecule has 0 heterocycles. The fraction of sp³-hybridized carbons (Fsp3) is 0.184. The molecule has 0 amide bonds. The molecule has 242 valence electrons. The van der Waals surface area contributed by atoms with Gasteiger partial charge in [0.1, 0.15) is 0 Å². The molecule has 0 N–H and O–H groups in total. The zero-order valence-corrected chi connectivity index (χ0v) is 28.9. The fourth-order valence-electron chi connectivity index (χ4n) is 9.31. The maximum Gasteiger partial charge on any atom is 0.0468 e. The van der Waals surface area contributed by atoms with Crippen LogP contribution in [0.15, 0.2) is 146 Å².